The lowest BCUT2D eigenvalue weighted by molar-refractivity contribution is -0.385. The molecule has 2 heterocycles. The average Bonchev–Trinajstić information content (AvgIpc) is 2.99. The quantitative estimate of drug-likeness (QED) is 0.609. The first kappa shape index (κ1) is 14.9. The Labute approximate surface area is 115 Å². The third-order valence-electron chi connectivity index (χ3n) is 2.69. The second kappa shape index (κ2) is 5.46. The van der Waals surface area contributed by atoms with E-state index in [2.05, 4.69) is 20.6 Å². The minimum Gasteiger partial charge on any atom is -0.258 e. The van der Waals surface area contributed by atoms with Gasteiger partial charge in [-0.1, -0.05) is 6.92 Å². The molecular weight excluding hydrogens is 295 g/mol. The maximum Gasteiger partial charge on any atom is 0.408 e. The molecule has 0 fully saturated rings. The molecule has 2 aromatic rings. The Hall–Kier alpha value is -2.53. The monoisotopic (exact) mass is 305 g/mol. The van der Waals surface area contributed by atoms with E-state index >= 15 is 0 Å². The lowest BCUT2D eigenvalue weighted by atomic mass is 10.2. The summed E-state index contributed by atoms with van der Waals surface area (Å²) in [5, 5.41) is 24.5. The third kappa shape index (κ3) is 3.32. The molecule has 0 aliphatic carbocycles. The van der Waals surface area contributed by atoms with Gasteiger partial charge in [-0.05, 0) is 16.8 Å². The molecule has 0 saturated carbocycles. The predicted octanol–water partition coefficient (Wildman–Crippen LogP) is 1.34. The van der Waals surface area contributed by atoms with E-state index in [1.165, 1.54) is 4.68 Å². The molecule has 0 aliphatic rings. The molecule has 2 rings (SSSR count). The van der Waals surface area contributed by atoms with Crippen LogP contribution in [0.2, 0.25) is 0 Å². The van der Waals surface area contributed by atoms with Crippen molar-refractivity contribution in [3.63, 3.8) is 0 Å². The molecule has 0 N–H and O–H groups in total. The third-order valence-corrected chi connectivity index (χ3v) is 2.69. The van der Waals surface area contributed by atoms with Crippen molar-refractivity contribution >= 4 is 5.69 Å². The van der Waals surface area contributed by atoms with Crippen LogP contribution in [-0.4, -0.2) is 41.1 Å². The molecule has 1 atom stereocenters. The first-order valence-corrected chi connectivity index (χ1v) is 5.83. The van der Waals surface area contributed by atoms with Crippen molar-refractivity contribution in [2.45, 2.75) is 32.1 Å². The van der Waals surface area contributed by atoms with Gasteiger partial charge in [-0.15, -0.1) is 5.10 Å². The van der Waals surface area contributed by atoms with Gasteiger partial charge in [0.1, 0.15) is 25.0 Å². The number of nitrogens with zero attached hydrogens (tertiary/aromatic N) is 7. The molecule has 0 amide bonds. The Morgan fingerprint density at radius 1 is 1.48 bits per heavy atom. The minimum absolute atomic E-state index is 0.0622. The minimum atomic E-state index is -4.47. The zero-order valence-corrected chi connectivity index (χ0v) is 10.7. The molecule has 0 bridgehead atoms. The van der Waals surface area contributed by atoms with Crippen LogP contribution in [0.25, 0.3) is 0 Å². The Balaban J connectivity index is 2.33. The summed E-state index contributed by atoms with van der Waals surface area (Å²) in [5.74, 6) is -0.0622. The molecule has 12 heteroatoms. The Kier molecular flexibility index (Phi) is 3.86. The second-order valence-corrected chi connectivity index (χ2v) is 4.17. The van der Waals surface area contributed by atoms with Crippen LogP contribution in [0.1, 0.15) is 25.2 Å². The molecule has 1 unspecified atom stereocenters. The van der Waals surface area contributed by atoms with Gasteiger partial charge in [-0.25, -0.2) is 4.68 Å². The number of hydrogen-bond acceptors (Lipinski definition) is 6. The van der Waals surface area contributed by atoms with Crippen LogP contribution < -0.4 is 0 Å². The van der Waals surface area contributed by atoms with Gasteiger partial charge in [0.15, 0.2) is 5.82 Å². The number of halogens is 3. The fraction of sp³-hybridized carbons (Fsp3) is 0.556. The lowest BCUT2D eigenvalue weighted by Gasteiger charge is -2.15. The van der Waals surface area contributed by atoms with Crippen molar-refractivity contribution in [3.05, 3.63) is 28.3 Å². The molecule has 21 heavy (non-hydrogen) atoms. The van der Waals surface area contributed by atoms with Crippen LogP contribution in [0.4, 0.5) is 18.9 Å². The van der Waals surface area contributed by atoms with Crippen LogP contribution in [0.5, 0.6) is 0 Å². The Morgan fingerprint density at radius 2 is 2.19 bits per heavy atom. The highest BCUT2D eigenvalue weighted by atomic mass is 19.4. The normalized spacial score (nSPS) is 13.3. The summed E-state index contributed by atoms with van der Waals surface area (Å²) in [6, 6.07) is -0.726. The number of hydrogen-bond donors (Lipinski definition) is 0. The highest BCUT2D eigenvalue weighted by Crippen LogP contribution is 2.24. The molecule has 114 valence electrons. The summed E-state index contributed by atoms with van der Waals surface area (Å²) in [6.45, 7) is 0.347. The van der Waals surface area contributed by atoms with Crippen LogP contribution >= 0.6 is 0 Å². The molecule has 0 aliphatic heterocycles. The summed E-state index contributed by atoms with van der Waals surface area (Å²) in [5.41, 5.74) is -0.261. The predicted molar refractivity (Wildman–Crippen MR) is 61.2 cm³/mol. The van der Waals surface area contributed by atoms with E-state index in [0.29, 0.717) is 11.1 Å². The van der Waals surface area contributed by atoms with Crippen molar-refractivity contribution < 1.29 is 18.1 Å². The van der Waals surface area contributed by atoms with Gasteiger partial charge in [0, 0.05) is 0 Å². The maximum atomic E-state index is 12.5. The SMILES string of the molecule is CCC(c1nnnn1CC(F)(F)F)n1cc([N+](=O)[O-])cn1. The molecule has 0 aromatic carbocycles. The molecular formula is C9H10F3N7O2. The topological polar surface area (TPSA) is 105 Å². The number of nitro groups is 1. The van der Waals surface area contributed by atoms with E-state index < -0.39 is 23.7 Å². The van der Waals surface area contributed by atoms with Crippen LogP contribution in [0.3, 0.4) is 0 Å². The van der Waals surface area contributed by atoms with E-state index in [4.69, 9.17) is 0 Å². The zero-order valence-electron chi connectivity index (χ0n) is 10.7. The zero-order chi connectivity index (χ0) is 15.6. The van der Waals surface area contributed by atoms with Crippen molar-refractivity contribution in [1.29, 1.82) is 0 Å². The Bertz CT molecular complexity index is 635. The Morgan fingerprint density at radius 3 is 2.71 bits per heavy atom. The second-order valence-electron chi connectivity index (χ2n) is 4.17. The van der Waals surface area contributed by atoms with Crippen molar-refractivity contribution in [3.8, 4) is 0 Å². The standard InChI is InChI=1S/C9H10F3N7O2/c1-2-7(17-4-6(3-13-17)19(20)21)8-14-15-16-18(8)5-9(10,11)12/h3-4,7H,2,5H2,1H3. The fourth-order valence-corrected chi connectivity index (χ4v) is 1.81. The number of aromatic nitrogens is 6. The number of rotatable bonds is 5. The highest BCUT2D eigenvalue weighted by molar-refractivity contribution is 5.21. The van der Waals surface area contributed by atoms with Crippen molar-refractivity contribution in [1.82, 2.24) is 30.0 Å². The van der Waals surface area contributed by atoms with E-state index in [9.17, 15) is 23.3 Å². The van der Waals surface area contributed by atoms with E-state index in [0.717, 1.165) is 12.4 Å². The highest BCUT2D eigenvalue weighted by Gasteiger charge is 2.32. The van der Waals surface area contributed by atoms with Crippen molar-refractivity contribution in [2.75, 3.05) is 0 Å². The maximum absolute atomic E-state index is 12.5. The molecule has 0 radical (unpaired) electrons. The van der Waals surface area contributed by atoms with E-state index in [1.807, 2.05) is 0 Å². The first-order valence-electron chi connectivity index (χ1n) is 5.83. The molecule has 2 aromatic heterocycles. The van der Waals surface area contributed by atoms with E-state index in [-0.39, 0.29) is 11.5 Å². The van der Waals surface area contributed by atoms with Crippen LogP contribution in [0, 0.1) is 10.1 Å². The summed E-state index contributed by atoms with van der Waals surface area (Å²) in [6.07, 6.45) is -2.02. The average molecular weight is 305 g/mol. The molecule has 0 saturated heterocycles. The van der Waals surface area contributed by atoms with Gasteiger partial charge in [0.25, 0.3) is 0 Å². The summed E-state index contributed by atoms with van der Waals surface area (Å²) >= 11 is 0. The van der Waals surface area contributed by atoms with Crippen LogP contribution in [-0.2, 0) is 6.54 Å². The van der Waals surface area contributed by atoms with E-state index in [1.54, 1.807) is 6.92 Å². The van der Waals surface area contributed by atoms with Gasteiger partial charge < -0.3 is 0 Å². The summed E-state index contributed by atoms with van der Waals surface area (Å²) in [4.78, 5) is 9.98. The van der Waals surface area contributed by atoms with Crippen LogP contribution in [0.15, 0.2) is 12.4 Å². The van der Waals surface area contributed by atoms with Gasteiger partial charge >= 0.3 is 11.9 Å². The lowest BCUT2D eigenvalue weighted by Crippen LogP contribution is -2.24. The van der Waals surface area contributed by atoms with Crippen molar-refractivity contribution in [2.24, 2.45) is 0 Å². The largest absolute Gasteiger partial charge is 0.408 e. The van der Waals surface area contributed by atoms with Gasteiger partial charge in [-0.3, -0.25) is 14.8 Å². The van der Waals surface area contributed by atoms with Gasteiger partial charge in [-0.2, -0.15) is 18.3 Å². The summed E-state index contributed by atoms with van der Waals surface area (Å²) < 4.78 is 39.1. The molecule has 0 spiro atoms. The molecule has 9 nitrogen and oxygen atoms in total. The number of alkyl halides is 3. The first-order chi connectivity index (χ1) is 9.81. The van der Waals surface area contributed by atoms with Gasteiger partial charge in [0.05, 0.1) is 4.92 Å². The fourth-order valence-electron chi connectivity index (χ4n) is 1.81. The summed E-state index contributed by atoms with van der Waals surface area (Å²) in [7, 11) is 0. The van der Waals surface area contributed by atoms with Gasteiger partial charge in [0.2, 0.25) is 0 Å². The number of tetrazole rings is 1. The smallest absolute Gasteiger partial charge is 0.258 e.